The van der Waals surface area contributed by atoms with Gasteiger partial charge in [0, 0.05) is 31.3 Å². The SMILES string of the molecule is CCC(O)C(C)C1OC1CC(C)(O)/C=C/C=C(\C)C1OC(=O)CC(O)CCC(C)C(OC(=O)NCCN(CC)CC)/C=C/C1C. The molecule has 10 unspecified atom stereocenters. The molecule has 2 heterocycles. The van der Waals surface area contributed by atoms with Gasteiger partial charge < -0.3 is 39.7 Å². The molecule has 1 saturated heterocycles. The highest BCUT2D eigenvalue weighted by Gasteiger charge is 2.47. The number of carbonyl (C=O) groups is 2. The summed E-state index contributed by atoms with van der Waals surface area (Å²) in [5.41, 5.74) is -0.364. The summed E-state index contributed by atoms with van der Waals surface area (Å²) in [7, 11) is 0. The van der Waals surface area contributed by atoms with E-state index in [1.54, 1.807) is 19.1 Å². The van der Waals surface area contributed by atoms with Crippen molar-refractivity contribution in [2.45, 2.75) is 130 Å². The molecule has 4 N–H and O–H groups in total. The number of alkyl carbamates (subject to hydrolysis) is 1. The van der Waals surface area contributed by atoms with E-state index in [0.717, 1.165) is 25.2 Å². The molecule has 2 aliphatic heterocycles. The highest BCUT2D eigenvalue weighted by atomic mass is 16.6. The smallest absolute Gasteiger partial charge is 0.407 e. The Kier molecular flexibility index (Phi) is 16.3. The van der Waals surface area contributed by atoms with Crippen LogP contribution in [0.15, 0.2) is 36.0 Å². The lowest BCUT2D eigenvalue weighted by Crippen LogP contribution is -2.37. The van der Waals surface area contributed by atoms with Gasteiger partial charge in [-0.25, -0.2) is 4.79 Å². The van der Waals surface area contributed by atoms with Gasteiger partial charge in [0.1, 0.15) is 12.2 Å². The first kappa shape index (κ1) is 38.9. The number of allylic oxidation sites excluding steroid dienone is 2. The van der Waals surface area contributed by atoms with Gasteiger partial charge in [-0.05, 0) is 63.8 Å². The van der Waals surface area contributed by atoms with Gasteiger partial charge in [0.2, 0.25) is 0 Å². The highest BCUT2D eigenvalue weighted by molar-refractivity contribution is 5.70. The first-order chi connectivity index (χ1) is 21.2. The second kappa shape index (κ2) is 18.8. The van der Waals surface area contributed by atoms with Gasteiger partial charge in [-0.1, -0.05) is 65.8 Å². The fraction of sp³-hybridized carbons (Fsp3) is 0.771. The number of amides is 1. The maximum absolute atomic E-state index is 12.8. The standard InChI is InChI=1S/C35H60N2O8/c1-9-28(39)26(7)33-30(43-33)22-35(8,42)18-12-13-24(5)32-25(6)15-17-29(23(4)14-16-27(38)21-31(40)45-32)44-34(41)36-19-20-37(10-2)11-3/h12-13,15,17-18,23,25-30,32-33,38-39,42H,9-11,14,16,19-22H2,1-8H3,(H,36,41)/b17-15+,18-12+,24-13+. The van der Waals surface area contributed by atoms with Crippen molar-refractivity contribution in [1.29, 1.82) is 0 Å². The number of rotatable bonds is 14. The fourth-order valence-corrected chi connectivity index (χ4v) is 5.82. The molecule has 1 amide bonds. The van der Waals surface area contributed by atoms with E-state index in [4.69, 9.17) is 14.2 Å². The van der Waals surface area contributed by atoms with Crippen molar-refractivity contribution >= 4 is 12.1 Å². The molecule has 1 fully saturated rings. The van der Waals surface area contributed by atoms with Gasteiger partial charge in [-0.3, -0.25) is 4.79 Å². The van der Waals surface area contributed by atoms with Crippen LogP contribution in [0.25, 0.3) is 0 Å². The summed E-state index contributed by atoms with van der Waals surface area (Å²) in [6.45, 7) is 18.6. The van der Waals surface area contributed by atoms with Crippen molar-refractivity contribution in [1.82, 2.24) is 10.2 Å². The van der Waals surface area contributed by atoms with Crippen LogP contribution in [0.3, 0.4) is 0 Å². The number of nitrogens with one attached hydrogen (secondary N) is 1. The first-order valence-corrected chi connectivity index (χ1v) is 16.9. The molecule has 0 spiro atoms. The van der Waals surface area contributed by atoms with Crippen molar-refractivity contribution in [3.8, 4) is 0 Å². The summed E-state index contributed by atoms with van der Waals surface area (Å²) in [6, 6.07) is 0. The van der Waals surface area contributed by atoms with Crippen molar-refractivity contribution in [3.63, 3.8) is 0 Å². The molecule has 10 nitrogen and oxygen atoms in total. The fourth-order valence-electron chi connectivity index (χ4n) is 5.82. The Balaban J connectivity index is 2.12. The Labute approximate surface area is 270 Å². The molecular weight excluding hydrogens is 576 g/mol. The molecule has 0 aromatic heterocycles. The molecule has 45 heavy (non-hydrogen) atoms. The van der Waals surface area contributed by atoms with Crippen molar-refractivity contribution in [2.75, 3.05) is 26.2 Å². The zero-order chi connectivity index (χ0) is 33.7. The van der Waals surface area contributed by atoms with E-state index in [1.165, 1.54) is 0 Å². The van der Waals surface area contributed by atoms with Crippen LogP contribution in [0.5, 0.6) is 0 Å². The number of aliphatic hydroxyl groups excluding tert-OH is 2. The predicted octanol–water partition coefficient (Wildman–Crippen LogP) is 4.53. The summed E-state index contributed by atoms with van der Waals surface area (Å²) < 4.78 is 17.4. The highest BCUT2D eigenvalue weighted by Crippen LogP contribution is 2.37. The van der Waals surface area contributed by atoms with Crippen LogP contribution in [0, 0.1) is 17.8 Å². The van der Waals surface area contributed by atoms with Gasteiger partial charge >= 0.3 is 12.1 Å². The maximum atomic E-state index is 12.8. The van der Waals surface area contributed by atoms with Gasteiger partial charge in [0.15, 0.2) is 0 Å². The molecule has 0 aromatic rings. The minimum atomic E-state index is -1.13. The summed E-state index contributed by atoms with van der Waals surface area (Å²) in [5.74, 6) is -0.807. The Hall–Kier alpha value is -2.24. The number of aliphatic hydroxyl groups is 3. The molecule has 10 atom stereocenters. The van der Waals surface area contributed by atoms with E-state index in [9.17, 15) is 24.9 Å². The van der Waals surface area contributed by atoms with Crippen LogP contribution in [0.1, 0.15) is 87.5 Å². The largest absolute Gasteiger partial charge is 0.457 e. The lowest BCUT2D eigenvalue weighted by atomic mass is 9.91. The Bertz CT molecular complexity index is 1010. The minimum absolute atomic E-state index is 0.00526. The third-order valence-electron chi connectivity index (χ3n) is 9.14. The Morgan fingerprint density at radius 3 is 2.56 bits per heavy atom. The molecule has 2 aliphatic rings. The van der Waals surface area contributed by atoms with E-state index in [1.807, 2.05) is 52.8 Å². The van der Waals surface area contributed by atoms with Gasteiger partial charge in [-0.2, -0.15) is 0 Å². The van der Waals surface area contributed by atoms with Crippen LogP contribution >= 0.6 is 0 Å². The number of hydrogen-bond donors (Lipinski definition) is 4. The number of esters is 1. The van der Waals surface area contributed by atoms with Gasteiger partial charge in [0.25, 0.3) is 0 Å². The average Bonchev–Trinajstić information content (AvgIpc) is 3.75. The van der Waals surface area contributed by atoms with Crippen molar-refractivity contribution < 1.29 is 39.1 Å². The molecule has 10 heteroatoms. The van der Waals surface area contributed by atoms with E-state index >= 15 is 0 Å². The molecular formula is C35H60N2O8. The number of ether oxygens (including phenoxy) is 3. The van der Waals surface area contributed by atoms with Crippen molar-refractivity contribution in [3.05, 3.63) is 36.0 Å². The first-order valence-electron chi connectivity index (χ1n) is 16.9. The molecule has 0 aromatic carbocycles. The number of likely N-dealkylation sites (N-methyl/N-ethyl adjacent to an activating group) is 1. The normalized spacial score (nSPS) is 31.7. The van der Waals surface area contributed by atoms with Crippen molar-refractivity contribution in [2.24, 2.45) is 17.8 Å². The Morgan fingerprint density at radius 1 is 1.22 bits per heavy atom. The van der Waals surface area contributed by atoms with E-state index in [0.29, 0.717) is 32.2 Å². The lowest BCUT2D eigenvalue weighted by molar-refractivity contribution is -0.151. The summed E-state index contributed by atoms with van der Waals surface area (Å²) >= 11 is 0. The van der Waals surface area contributed by atoms with E-state index in [-0.39, 0.29) is 36.4 Å². The zero-order valence-corrected chi connectivity index (χ0v) is 28.8. The molecule has 0 aliphatic carbocycles. The maximum Gasteiger partial charge on any atom is 0.407 e. The monoisotopic (exact) mass is 636 g/mol. The van der Waals surface area contributed by atoms with Crippen LogP contribution < -0.4 is 5.32 Å². The summed E-state index contributed by atoms with van der Waals surface area (Å²) in [5, 5.41) is 34.5. The van der Waals surface area contributed by atoms with Crippen LogP contribution in [-0.2, 0) is 19.0 Å². The van der Waals surface area contributed by atoms with E-state index in [2.05, 4.69) is 24.1 Å². The summed E-state index contributed by atoms with van der Waals surface area (Å²) in [4.78, 5) is 27.6. The molecule has 0 saturated carbocycles. The lowest BCUT2D eigenvalue weighted by Gasteiger charge is -2.27. The third kappa shape index (κ3) is 13.6. The topological polar surface area (TPSA) is 141 Å². The number of carbonyl (C=O) groups excluding carboxylic acids is 2. The second-order valence-electron chi connectivity index (χ2n) is 13.2. The van der Waals surface area contributed by atoms with Crippen LogP contribution in [-0.4, -0.2) is 101 Å². The van der Waals surface area contributed by atoms with Gasteiger partial charge in [-0.15, -0.1) is 0 Å². The number of cyclic esters (lactones) is 1. The molecule has 0 radical (unpaired) electrons. The molecule has 2 rings (SSSR count). The van der Waals surface area contributed by atoms with Crippen LogP contribution in [0.2, 0.25) is 0 Å². The molecule has 0 bridgehead atoms. The zero-order valence-electron chi connectivity index (χ0n) is 28.8. The third-order valence-corrected chi connectivity index (χ3v) is 9.14. The summed E-state index contributed by atoms with van der Waals surface area (Å²) in [6.07, 6.45) is 7.81. The predicted molar refractivity (Wildman–Crippen MR) is 176 cm³/mol. The quantitative estimate of drug-likeness (QED) is 0.0937. The van der Waals surface area contributed by atoms with E-state index < -0.39 is 42.1 Å². The second-order valence-corrected chi connectivity index (χ2v) is 13.2. The van der Waals surface area contributed by atoms with Gasteiger partial charge in [0.05, 0.1) is 36.4 Å². The molecule has 258 valence electrons. The Morgan fingerprint density at radius 2 is 1.91 bits per heavy atom. The van der Waals surface area contributed by atoms with Crippen LogP contribution in [0.4, 0.5) is 4.79 Å². The number of nitrogens with zero attached hydrogens (tertiary/aromatic N) is 1. The minimum Gasteiger partial charge on any atom is -0.457 e. The average molecular weight is 637 g/mol. The number of hydrogen-bond acceptors (Lipinski definition) is 9. The number of epoxide rings is 1.